The summed E-state index contributed by atoms with van der Waals surface area (Å²) >= 11 is 1.29. The molecule has 0 radical (unpaired) electrons. The van der Waals surface area contributed by atoms with Crippen LogP contribution in [0.2, 0.25) is 0 Å². The van der Waals surface area contributed by atoms with Crippen molar-refractivity contribution < 1.29 is 34.3 Å². The summed E-state index contributed by atoms with van der Waals surface area (Å²) in [7, 11) is 0. The first kappa shape index (κ1) is 23.1. The minimum absolute atomic E-state index is 0.0462. The highest BCUT2D eigenvalue weighted by Crippen LogP contribution is 2.52. The fourth-order valence-corrected chi connectivity index (χ4v) is 6.60. The van der Waals surface area contributed by atoms with Gasteiger partial charge in [0, 0.05) is 29.2 Å². The second kappa shape index (κ2) is 8.26. The Morgan fingerprint density at radius 1 is 1.31 bits per heavy atom. The summed E-state index contributed by atoms with van der Waals surface area (Å²) in [6, 6.07) is 3.13. The molecule has 0 saturated carbocycles. The van der Waals surface area contributed by atoms with Gasteiger partial charge in [0.15, 0.2) is 12.4 Å². The minimum atomic E-state index is -1.23. The number of carbonyl (C=O) groups excluding carboxylic acids is 2. The number of aliphatic hydroxyl groups excluding tert-OH is 2. The summed E-state index contributed by atoms with van der Waals surface area (Å²) in [4.78, 5) is 43.2. The summed E-state index contributed by atoms with van der Waals surface area (Å²) < 4.78 is 3.37. The van der Waals surface area contributed by atoms with Gasteiger partial charge in [0.05, 0.1) is 35.2 Å². The maximum Gasteiger partial charge on any atom is 0.352 e. The van der Waals surface area contributed by atoms with E-state index >= 15 is 0 Å². The van der Waals surface area contributed by atoms with Crippen molar-refractivity contribution in [2.24, 2.45) is 17.6 Å². The molecule has 0 bridgehead atoms. The Hall–Kier alpha value is -3.61. The summed E-state index contributed by atoms with van der Waals surface area (Å²) in [5.74, 6) is -3.12. The van der Waals surface area contributed by atoms with Crippen LogP contribution in [0.15, 0.2) is 36.6 Å². The largest absolute Gasteiger partial charge is 0.477 e. The van der Waals surface area contributed by atoms with E-state index in [0.29, 0.717) is 26.7 Å². The number of hydrogen-bond donors (Lipinski definition) is 4. The minimum Gasteiger partial charge on any atom is -0.477 e. The number of thiazole rings is 1. The van der Waals surface area contributed by atoms with E-state index in [4.69, 9.17) is 5.73 Å². The van der Waals surface area contributed by atoms with Gasteiger partial charge in [-0.3, -0.25) is 14.0 Å². The van der Waals surface area contributed by atoms with Crippen LogP contribution in [-0.4, -0.2) is 59.5 Å². The van der Waals surface area contributed by atoms with Crippen molar-refractivity contribution in [1.82, 2.24) is 14.3 Å². The number of rotatable bonds is 7. The Morgan fingerprint density at radius 2 is 2.00 bits per heavy atom. The molecule has 2 amide bonds. The van der Waals surface area contributed by atoms with Crippen LogP contribution in [0.25, 0.3) is 21.7 Å². The second-order valence-electron chi connectivity index (χ2n) is 8.85. The van der Waals surface area contributed by atoms with Crippen LogP contribution in [0.5, 0.6) is 0 Å². The molecule has 0 aliphatic carbocycles. The van der Waals surface area contributed by atoms with Crippen LogP contribution in [0.4, 0.5) is 0 Å². The molecular formula is C23H24N5O6S+. The van der Waals surface area contributed by atoms with E-state index in [-0.39, 0.29) is 24.8 Å². The number of nitrogens with two attached hydrogens (primary N) is 1. The molecule has 11 nitrogen and oxygen atoms in total. The Kier molecular flexibility index (Phi) is 5.46. The number of imidazole rings is 1. The molecule has 5 rings (SSSR count). The van der Waals surface area contributed by atoms with Crippen LogP contribution in [-0.2, 0) is 27.5 Å². The first-order valence-corrected chi connectivity index (χ1v) is 11.8. The maximum atomic E-state index is 12.7. The van der Waals surface area contributed by atoms with E-state index < -0.39 is 35.8 Å². The maximum absolute atomic E-state index is 12.7. The number of aliphatic hydroxyl groups is 2. The average molecular weight is 499 g/mol. The molecule has 0 unspecified atom stereocenters. The lowest BCUT2D eigenvalue weighted by Crippen LogP contribution is -2.63. The van der Waals surface area contributed by atoms with Gasteiger partial charge in [-0.15, -0.1) is 11.3 Å². The van der Waals surface area contributed by atoms with E-state index in [9.17, 15) is 29.7 Å². The van der Waals surface area contributed by atoms with E-state index in [0.717, 1.165) is 5.56 Å². The average Bonchev–Trinajstić information content (AvgIpc) is 3.42. The molecular weight excluding hydrogens is 474 g/mol. The van der Waals surface area contributed by atoms with Gasteiger partial charge in [0.25, 0.3) is 5.91 Å². The molecule has 3 aromatic heterocycles. The number of hydrogen-bond acceptors (Lipinski definition) is 7. The van der Waals surface area contributed by atoms with Gasteiger partial charge < -0.3 is 26.0 Å². The molecule has 0 spiro atoms. The van der Waals surface area contributed by atoms with Crippen molar-refractivity contribution in [3.8, 4) is 11.3 Å². The van der Waals surface area contributed by atoms with Crippen LogP contribution in [0.1, 0.15) is 24.4 Å². The first-order chi connectivity index (χ1) is 16.6. The highest BCUT2D eigenvalue weighted by Gasteiger charge is 2.60. The monoisotopic (exact) mass is 498 g/mol. The number of carboxylic acid groups (broad SMARTS) is 1. The SMILES string of the molecule is C[C@@H](O)[C@H]1C(=O)N2C(C(=O)O)=C(c3sc4c(-c5cc[n+](CC(N)=O)cc5)ncn4c3CO)[C@H](C)[C@H]12. The van der Waals surface area contributed by atoms with Crippen molar-refractivity contribution in [2.75, 3.05) is 0 Å². The number of fused-ring (bicyclic) bond motifs is 2. The molecule has 5 heterocycles. The highest BCUT2D eigenvalue weighted by atomic mass is 32.1. The van der Waals surface area contributed by atoms with Crippen LogP contribution >= 0.6 is 11.3 Å². The van der Waals surface area contributed by atoms with Crippen molar-refractivity contribution in [1.29, 1.82) is 0 Å². The third-order valence-electron chi connectivity index (χ3n) is 6.75. The van der Waals surface area contributed by atoms with Gasteiger partial charge in [0.2, 0.25) is 12.5 Å². The van der Waals surface area contributed by atoms with Gasteiger partial charge >= 0.3 is 5.97 Å². The van der Waals surface area contributed by atoms with Gasteiger partial charge in [-0.05, 0) is 6.92 Å². The fraction of sp³-hybridized carbons (Fsp3) is 0.348. The number of aromatic nitrogens is 3. The highest BCUT2D eigenvalue weighted by molar-refractivity contribution is 7.19. The van der Waals surface area contributed by atoms with E-state index in [1.807, 2.05) is 6.92 Å². The number of amides is 2. The topological polar surface area (TPSA) is 162 Å². The number of primary amides is 1. The Bertz CT molecular complexity index is 1410. The zero-order valence-electron chi connectivity index (χ0n) is 19.0. The Balaban J connectivity index is 1.63. The number of β-lactam (4-membered cyclic amide) rings is 1. The molecule has 3 aromatic rings. The van der Waals surface area contributed by atoms with Crippen LogP contribution in [0.3, 0.4) is 0 Å². The number of carbonyl (C=O) groups is 3. The zero-order valence-corrected chi connectivity index (χ0v) is 19.8. The first-order valence-electron chi connectivity index (χ1n) is 11.0. The molecule has 1 fully saturated rings. The van der Waals surface area contributed by atoms with Crippen molar-refractivity contribution in [3.63, 3.8) is 0 Å². The van der Waals surface area contributed by atoms with Crippen molar-refractivity contribution >= 4 is 39.5 Å². The third kappa shape index (κ3) is 3.36. The molecule has 2 aliphatic heterocycles. The third-order valence-corrected chi connectivity index (χ3v) is 7.99. The summed E-state index contributed by atoms with van der Waals surface area (Å²) in [6.07, 6.45) is 4.09. The lowest BCUT2D eigenvalue weighted by molar-refractivity contribution is -0.684. The molecule has 1 saturated heterocycles. The predicted octanol–water partition coefficient (Wildman–Crippen LogP) is -0.0189. The van der Waals surface area contributed by atoms with Gasteiger partial charge in [-0.2, -0.15) is 4.57 Å². The Morgan fingerprint density at radius 3 is 2.57 bits per heavy atom. The van der Waals surface area contributed by atoms with Crippen LogP contribution < -0.4 is 10.3 Å². The quantitative estimate of drug-likeness (QED) is 0.263. The molecule has 5 N–H and O–H groups in total. The molecule has 35 heavy (non-hydrogen) atoms. The normalized spacial score (nSPS) is 22.5. The Labute approximate surface area is 203 Å². The van der Waals surface area contributed by atoms with E-state index in [1.165, 1.54) is 23.2 Å². The number of pyridine rings is 1. The molecule has 12 heteroatoms. The summed E-state index contributed by atoms with van der Waals surface area (Å²) in [5.41, 5.74) is 7.49. The fourth-order valence-electron chi connectivity index (χ4n) is 5.22. The van der Waals surface area contributed by atoms with E-state index in [1.54, 1.807) is 39.8 Å². The standard InChI is InChI=1S/C23H23N5O6S/c1-10-15(19(23(33)34)28-18(10)16(11(2)30)21(28)32)20-13(8-29)27-9-25-17(22(27)35-20)12-3-5-26(6-4-12)7-14(24)31/h3-6,9-11,16,18,29-30H,7-8H2,1-2H3,(H2-,24,31,33,34)/p+1/t10-,11+,16+,18+/m0/s1. The number of aliphatic carboxylic acids is 1. The van der Waals surface area contributed by atoms with Gasteiger partial charge in [0.1, 0.15) is 22.5 Å². The number of nitrogens with zero attached hydrogens (tertiary/aromatic N) is 4. The molecule has 2 aliphatic rings. The lowest BCUT2D eigenvalue weighted by atomic mass is 9.77. The van der Waals surface area contributed by atoms with Gasteiger partial charge in [-0.25, -0.2) is 9.78 Å². The van der Waals surface area contributed by atoms with Crippen molar-refractivity contribution in [3.05, 3.63) is 47.1 Å². The zero-order chi connectivity index (χ0) is 25.2. The van der Waals surface area contributed by atoms with E-state index in [2.05, 4.69) is 4.98 Å². The summed E-state index contributed by atoms with van der Waals surface area (Å²) in [5, 5.41) is 30.4. The van der Waals surface area contributed by atoms with Crippen molar-refractivity contribution in [2.45, 2.75) is 39.1 Å². The second-order valence-corrected chi connectivity index (χ2v) is 9.85. The smallest absolute Gasteiger partial charge is 0.352 e. The predicted molar refractivity (Wildman–Crippen MR) is 123 cm³/mol. The molecule has 182 valence electrons. The number of carboxylic acids is 1. The molecule has 0 aromatic carbocycles. The van der Waals surface area contributed by atoms with Crippen LogP contribution in [0, 0.1) is 11.8 Å². The lowest BCUT2D eigenvalue weighted by Gasteiger charge is -2.46. The van der Waals surface area contributed by atoms with Gasteiger partial charge in [-0.1, -0.05) is 6.92 Å². The summed E-state index contributed by atoms with van der Waals surface area (Å²) in [6.45, 7) is 3.06. The molecule has 4 atom stereocenters.